The highest BCUT2D eigenvalue weighted by Gasteiger charge is 2.25. The molecule has 0 radical (unpaired) electrons. The van der Waals surface area contributed by atoms with Gasteiger partial charge in [0.05, 0.1) is 13.7 Å². The average molecular weight is 273 g/mol. The molecule has 1 fully saturated rings. The minimum absolute atomic E-state index is 0.0488. The second-order valence-corrected chi connectivity index (χ2v) is 5.20. The zero-order valence-electron chi connectivity index (χ0n) is 11.6. The third kappa shape index (κ3) is 2.36. The molecular weight excluding hydrogens is 254 g/mol. The molecule has 0 aliphatic heterocycles. The van der Waals surface area contributed by atoms with Crippen molar-refractivity contribution in [1.82, 2.24) is 9.13 Å². The van der Waals surface area contributed by atoms with E-state index in [1.807, 2.05) is 35.2 Å². The van der Waals surface area contributed by atoms with Gasteiger partial charge in [0.25, 0.3) is 0 Å². The normalized spacial score (nSPS) is 14.5. The number of benzene rings is 1. The Balaban J connectivity index is 1.92. The number of imidazole rings is 1. The van der Waals surface area contributed by atoms with Crippen molar-refractivity contribution in [2.24, 2.45) is 5.73 Å². The molecule has 5 heteroatoms. The smallest absolute Gasteiger partial charge is 0.328 e. The van der Waals surface area contributed by atoms with E-state index in [0.717, 1.165) is 29.7 Å². The van der Waals surface area contributed by atoms with Gasteiger partial charge in [-0.1, -0.05) is 6.07 Å². The molecule has 2 N–H and O–H groups in total. The van der Waals surface area contributed by atoms with Crippen molar-refractivity contribution < 1.29 is 4.74 Å². The fraction of sp³-hybridized carbons (Fsp3) is 0.400. The first-order chi connectivity index (χ1) is 9.72. The van der Waals surface area contributed by atoms with Crippen LogP contribution in [0.3, 0.4) is 0 Å². The van der Waals surface area contributed by atoms with Crippen LogP contribution in [0.5, 0.6) is 5.75 Å². The van der Waals surface area contributed by atoms with E-state index < -0.39 is 0 Å². The lowest BCUT2D eigenvalue weighted by atomic mass is 10.1. The minimum Gasteiger partial charge on any atom is -0.496 e. The summed E-state index contributed by atoms with van der Waals surface area (Å²) in [5.41, 5.74) is 7.74. The van der Waals surface area contributed by atoms with E-state index in [1.165, 1.54) is 0 Å². The Hall–Kier alpha value is -2.01. The second kappa shape index (κ2) is 5.17. The molecule has 0 saturated heterocycles. The Bertz CT molecular complexity index is 668. The lowest BCUT2D eigenvalue weighted by molar-refractivity contribution is 0.408. The molecule has 1 saturated carbocycles. The molecular formula is C15H19N3O2. The molecule has 1 aliphatic carbocycles. The Morgan fingerprint density at radius 3 is 2.80 bits per heavy atom. The van der Waals surface area contributed by atoms with Crippen molar-refractivity contribution >= 4 is 0 Å². The van der Waals surface area contributed by atoms with Crippen LogP contribution < -0.4 is 16.2 Å². The van der Waals surface area contributed by atoms with Crippen LogP contribution in [-0.2, 0) is 13.1 Å². The molecule has 1 heterocycles. The fourth-order valence-electron chi connectivity index (χ4n) is 2.45. The lowest BCUT2D eigenvalue weighted by Gasteiger charge is -2.10. The van der Waals surface area contributed by atoms with Crippen molar-refractivity contribution in [3.05, 3.63) is 52.2 Å². The summed E-state index contributed by atoms with van der Waals surface area (Å²) >= 11 is 0. The molecule has 2 aromatic rings. The number of nitrogens with zero attached hydrogens (tertiary/aromatic N) is 2. The van der Waals surface area contributed by atoms with Crippen LogP contribution in [0.25, 0.3) is 0 Å². The molecule has 0 atom stereocenters. The summed E-state index contributed by atoms with van der Waals surface area (Å²) in [4.78, 5) is 12.3. The number of nitrogens with two attached hydrogens (primary N) is 1. The van der Waals surface area contributed by atoms with Crippen LogP contribution in [0.15, 0.2) is 35.4 Å². The average Bonchev–Trinajstić information content (AvgIpc) is 3.25. The van der Waals surface area contributed by atoms with Gasteiger partial charge in [-0.25, -0.2) is 4.79 Å². The minimum atomic E-state index is 0.0488. The number of methoxy groups -OCH3 is 1. The lowest BCUT2D eigenvalue weighted by Crippen LogP contribution is -2.24. The van der Waals surface area contributed by atoms with Gasteiger partial charge in [-0.15, -0.1) is 0 Å². The van der Waals surface area contributed by atoms with E-state index in [4.69, 9.17) is 10.5 Å². The second-order valence-electron chi connectivity index (χ2n) is 5.20. The summed E-state index contributed by atoms with van der Waals surface area (Å²) in [5.74, 6) is 0.785. The number of rotatable bonds is 5. The maximum Gasteiger partial charge on any atom is 0.328 e. The van der Waals surface area contributed by atoms with E-state index >= 15 is 0 Å². The summed E-state index contributed by atoms with van der Waals surface area (Å²) in [6, 6.07) is 6.25. The molecule has 1 aromatic heterocycles. The van der Waals surface area contributed by atoms with Crippen LogP contribution in [0, 0.1) is 0 Å². The molecule has 1 aromatic carbocycles. The molecule has 106 valence electrons. The van der Waals surface area contributed by atoms with Crippen molar-refractivity contribution in [3.63, 3.8) is 0 Å². The summed E-state index contributed by atoms with van der Waals surface area (Å²) in [6.45, 7) is 0.991. The van der Waals surface area contributed by atoms with Gasteiger partial charge in [0.1, 0.15) is 5.75 Å². The molecule has 0 amide bonds. The Morgan fingerprint density at radius 2 is 2.15 bits per heavy atom. The molecule has 3 rings (SSSR count). The van der Waals surface area contributed by atoms with Crippen LogP contribution in [-0.4, -0.2) is 16.2 Å². The third-order valence-corrected chi connectivity index (χ3v) is 3.74. The highest BCUT2D eigenvalue weighted by Crippen LogP contribution is 2.33. The van der Waals surface area contributed by atoms with Crippen LogP contribution in [0.4, 0.5) is 0 Å². The number of hydrogen-bond donors (Lipinski definition) is 1. The van der Waals surface area contributed by atoms with E-state index in [9.17, 15) is 4.79 Å². The summed E-state index contributed by atoms with van der Waals surface area (Å²) in [6.07, 6.45) is 5.93. The number of aromatic nitrogens is 2. The van der Waals surface area contributed by atoms with Crippen molar-refractivity contribution in [2.45, 2.75) is 32.0 Å². The summed E-state index contributed by atoms with van der Waals surface area (Å²) in [7, 11) is 1.64. The van der Waals surface area contributed by atoms with Gasteiger partial charge in [-0.05, 0) is 30.5 Å². The van der Waals surface area contributed by atoms with Gasteiger partial charge in [-0.3, -0.25) is 9.13 Å². The maximum atomic E-state index is 12.3. The zero-order valence-corrected chi connectivity index (χ0v) is 11.6. The predicted molar refractivity (Wildman–Crippen MR) is 77.0 cm³/mol. The Labute approximate surface area is 117 Å². The number of hydrogen-bond acceptors (Lipinski definition) is 3. The van der Waals surface area contributed by atoms with Gasteiger partial charge < -0.3 is 10.5 Å². The van der Waals surface area contributed by atoms with E-state index in [-0.39, 0.29) is 5.69 Å². The standard InChI is InChI=1S/C15H19N3O2/c1-20-14-5-2-11(9-16)8-12(14)10-17-6-7-18(15(17)19)13-3-4-13/h2,5-8,13H,3-4,9-10,16H2,1H3. The summed E-state index contributed by atoms with van der Waals surface area (Å²) in [5, 5.41) is 0. The zero-order chi connectivity index (χ0) is 14.1. The summed E-state index contributed by atoms with van der Waals surface area (Å²) < 4.78 is 8.90. The SMILES string of the molecule is COc1ccc(CN)cc1Cn1ccn(C2CC2)c1=O. The molecule has 1 aliphatic rings. The van der Waals surface area contributed by atoms with Crippen molar-refractivity contribution in [1.29, 1.82) is 0 Å². The maximum absolute atomic E-state index is 12.3. The van der Waals surface area contributed by atoms with Crippen LogP contribution in [0.1, 0.15) is 30.0 Å². The first-order valence-electron chi connectivity index (χ1n) is 6.86. The molecule has 5 nitrogen and oxygen atoms in total. The highest BCUT2D eigenvalue weighted by molar-refractivity contribution is 5.37. The molecule has 0 bridgehead atoms. The van der Waals surface area contributed by atoms with E-state index in [0.29, 0.717) is 19.1 Å². The predicted octanol–water partition coefficient (Wildman–Crippen LogP) is 1.50. The Kier molecular flexibility index (Phi) is 3.36. The quantitative estimate of drug-likeness (QED) is 0.898. The monoisotopic (exact) mass is 273 g/mol. The number of ether oxygens (including phenoxy) is 1. The van der Waals surface area contributed by atoms with Crippen molar-refractivity contribution in [2.75, 3.05) is 7.11 Å². The van der Waals surface area contributed by atoms with Gasteiger partial charge in [-0.2, -0.15) is 0 Å². The van der Waals surface area contributed by atoms with Crippen LogP contribution in [0.2, 0.25) is 0 Å². The molecule has 0 spiro atoms. The van der Waals surface area contributed by atoms with E-state index in [2.05, 4.69) is 0 Å². The van der Waals surface area contributed by atoms with Crippen LogP contribution >= 0.6 is 0 Å². The van der Waals surface area contributed by atoms with Gasteiger partial charge in [0, 0.05) is 30.5 Å². The first-order valence-corrected chi connectivity index (χ1v) is 6.86. The van der Waals surface area contributed by atoms with Gasteiger partial charge in [0.15, 0.2) is 0 Å². The highest BCUT2D eigenvalue weighted by atomic mass is 16.5. The topological polar surface area (TPSA) is 62.2 Å². The third-order valence-electron chi connectivity index (χ3n) is 3.74. The van der Waals surface area contributed by atoms with Gasteiger partial charge >= 0.3 is 5.69 Å². The Morgan fingerprint density at radius 1 is 1.35 bits per heavy atom. The fourth-order valence-corrected chi connectivity index (χ4v) is 2.45. The van der Waals surface area contributed by atoms with Gasteiger partial charge in [0.2, 0.25) is 0 Å². The van der Waals surface area contributed by atoms with E-state index in [1.54, 1.807) is 11.7 Å². The molecule has 20 heavy (non-hydrogen) atoms. The first kappa shape index (κ1) is 13.0. The largest absolute Gasteiger partial charge is 0.496 e. The van der Waals surface area contributed by atoms with Crippen molar-refractivity contribution in [3.8, 4) is 5.75 Å². The molecule has 0 unspecified atom stereocenters.